The second-order valence-electron chi connectivity index (χ2n) is 5.86. The molecule has 8 heteroatoms. The highest BCUT2D eigenvalue weighted by molar-refractivity contribution is 6.04. The molecule has 0 saturated carbocycles. The number of hydrogen-bond donors (Lipinski definition) is 2. The van der Waals surface area contributed by atoms with Crippen molar-refractivity contribution in [2.24, 2.45) is 0 Å². The van der Waals surface area contributed by atoms with Crippen molar-refractivity contribution in [1.82, 2.24) is 0 Å². The maximum Gasteiger partial charge on any atom is 0.374 e. The fourth-order valence-corrected chi connectivity index (χ4v) is 2.38. The summed E-state index contributed by atoms with van der Waals surface area (Å²) >= 11 is 0. The Morgan fingerprint density at radius 1 is 0.897 bits per heavy atom. The van der Waals surface area contributed by atoms with E-state index in [1.165, 1.54) is 12.3 Å². The van der Waals surface area contributed by atoms with Crippen LogP contribution in [0.3, 0.4) is 0 Å². The van der Waals surface area contributed by atoms with Crippen LogP contribution in [0, 0.1) is 0 Å². The van der Waals surface area contributed by atoms with Crippen LogP contribution in [0.25, 0.3) is 0 Å². The van der Waals surface area contributed by atoms with E-state index >= 15 is 0 Å². The molecular weight excluding hydrogens is 376 g/mol. The number of hydrogen-bond acceptors (Lipinski definition) is 6. The first-order chi connectivity index (χ1) is 14.0. The molecule has 0 fully saturated rings. The summed E-state index contributed by atoms with van der Waals surface area (Å²) < 4.78 is 14.8. The molecule has 2 amide bonds. The zero-order chi connectivity index (χ0) is 20.6. The van der Waals surface area contributed by atoms with Gasteiger partial charge in [-0.1, -0.05) is 0 Å². The SMILES string of the molecule is COc1ccc(NC(=O)c2ccc(NC(=O)COC(=O)c3ccco3)cc2)cc1. The number of furan rings is 1. The van der Waals surface area contributed by atoms with E-state index in [0.717, 1.165) is 0 Å². The number of amides is 2. The van der Waals surface area contributed by atoms with Crippen molar-refractivity contribution < 1.29 is 28.3 Å². The highest BCUT2D eigenvalue weighted by Gasteiger charge is 2.13. The van der Waals surface area contributed by atoms with E-state index in [2.05, 4.69) is 10.6 Å². The van der Waals surface area contributed by atoms with Crippen LogP contribution in [0.1, 0.15) is 20.9 Å². The largest absolute Gasteiger partial charge is 0.497 e. The van der Waals surface area contributed by atoms with Crippen LogP contribution in [-0.4, -0.2) is 31.5 Å². The minimum atomic E-state index is -0.726. The first-order valence-electron chi connectivity index (χ1n) is 8.61. The quantitative estimate of drug-likeness (QED) is 0.595. The zero-order valence-electron chi connectivity index (χ0n) is 15.5. The minimum absolute atomic E-state index is 0.0185. The Balaban J connectivity index is 1.50. The van der Waals surface area contributed by atoms with Gasteiger partial charge in [0.05, 0.1) is 13.4 Å². The zero-order valence-corrected chi connectivity index (χ0v) is 15.5. The molecule has 148 valence electrons. The van der Waals surface area contributed by atoms with Crippen molar-refractivity contribution in [3.8, 4) is 5.75 Å². The Hall–Kier alpha value is -4.07. The molecule has 0 unspecified atom stereocenters. The smallest absolute Gasteiger partial charge is 0.374 e. The molecule has 0 bridgehead atoms. The Bertz CT molecular complexity index is 979. The van der Waals surface area contributed by atoms with E-state index in [9.17, 15) is 14.4 Å². The number of nitrogens with one attached hydrogen (secondary N) is 2. The third-order valence-corrected chi connectivity index (χ3v) is 3.84. The maximum atomic E-state index is 12.3. The number of carbonyl (C=O) groups excluding carboxylic acids is 3. The predicted octanol–water partition coefficient (Wildman–Crippen LogP) is 3.34. The van der Waals surface area contributed by atoms with Gasteiger partial charge in [-0.05, 0) is 60.7 Å². The lowest BCUT2D eigenvalue weighted by atomic mass is 10.2. The Labute approximate surface area is 166 Å². The van der Waals surface area contributed by atoms with Crippen molar-refractivity contribution in [3.63, 3.8) is 0 Å². The van der Waals surface area contributed by atoms with Crippen molar-refractivity contribution in [2.75, 3.05) is 24.4 Å². The first-order valence-corrected chi connectivity index (χ1v) is 8.61. The second kappa shape index (κ2) is 9.23. The van der Waals surface area contributed by atoms with Gasteiger partial charge >= 0.3 is 5.97 Å². The van der Waals surface area contributed by atoms with Crippen LogP contribution in [0.2, 0.25) is 0 Å². The van der Waals surface area contributed by atoms with Crippen LogP contribution in [0.4, 0.5) is 11.4 Å². The van der Waals surface area contributed by atoms with Crippen molar-refractivity contribution >= 4 is 29.2 Å². The molecule has 2 aromatic carbocycles. The first kappa shape index (κ1) is 19.7. The molecule has 8 nitrogen and oxygen atoms in total. The Morgan fingerprint density at radius 3 is 2.17 bits per heavy atom. The molecule has 1 aromatic heterocycles. The van der Waals surface area contributed by atoms with E-state index in [4.69, 9.17) is 13.9 Å². The number of rotatable bonds is 7. The Morgan fingerprint density at radius 2 is 1.55 bits per heavy atom. The number of esters is 1. The average Bonchev–Trinajstić information content (AvgIpc) is 3.28. The number of benzene rings is 2. The molecule has 0 aliphatic heterocycles. The van der Waals surface area contributed by atoms with Gasteiger partial charge in [0.25, 0.3) is 11.8 Å². The summed E-state index contributed by atoms with van der Waals surface area (Å²) in [7, 11) is 1.57. The van der Waals surface area contributed by atoms with Gasteiger partial charge in [-0.25, -0.2) is 4.79 Å². The molecule has 3 rings (SSSR count). The fraction of sp³-hybridized carbons (Fsp3) is 0.0952. The normalized spacial score (nSPS) is 10.1. The molecule has 2 N–H and O–H groups in total. The van der Waals surface area contributed by atoms with Crippen molar-refractivity contribution in [2.45, 2.75) is 0 Å². The Kier molecular flexibility index (Phi) is 6.26. The van der Waals surface area contributed by atoms with Gasteiger partial charge in [-0.3, -0.25) is 9.59 Å². The van der Waals surface area contributed by atoms with Gasteiger partial charge in [0, 0.05) is 16.9 Å². The van der Waals surface area contributed by atoms with E-state index < -0.39 is 18.5 Å². The van der Waals surface area contributed by atoms with Crippen molar-refractivity contribution in [3.05, 3.63) is 78.3 Å². The predicted molar refractivity (Wildman–Crippen MR) is 105 cm³/mol. The van der Waals surface area contributed by atoms with E-state index in [-0.39, 0.29) is 11.7 Å². The molecule has 1 heterocycles. The third-order valence-electron chi connectivity index (χ3n) is 3.84. The minimum Gasteiger partial charge on any atom is -0.497 e. The molecule has 0 aliphatic rings. The second-order valence-corrected chi connectivity index (χ2v) is 5.86. The molecule has 0 atom stereocenters. The molecule has 3 aromatic rings. The number of carbonyl (C=O) groups is 3. The summed E-state index contributed by atoms with van der Waals surface area (Å²) in [6.45, 7) is -0.459. The summed E-state index contributed by atoms with van der Waals surface area (Å²) in [6.07, 6.45) is 1.34. The topological polar surface area (TPSA) is 107 Å². The lowest BCUT2D eigenvalue weighted by molar-refractivity contribution is -0.119. The molecule has 0 aliphatic carbocycles. The van der Waals surface area contributed by atoms with Gasteiger partial charge in [-0.15, -0.1) is 0 Å². The van der Waals surface area contributed by atoms with E-state index in [0.29, 0.717) is 22.7 Å². The highest BCUT2D eigenvalue weighted by atomic mass is 16.5. The standard InChI is InChI=1S/C21H18N2O6/c1-27-17-10-8-16(9-11-17)23-20(25)14-4-6-15(7-5-14)22-19(24)13-29-21(26)18-3-2-12-28-18/h2-12H,13H2,1H3,(H,22,24)(H,23,25). The van der Waals surface area contributed by atoms with Gasteiger partial charge < -0.3 is 24.5 Å². The monoisotopic (exact) mass is 394 g/mol. The maximum absolute atomic E-state index is 12.3. The lowest BCUT2D eigenvalue weighted by Crippen LogP contribution is -2.20. The van der Waals surface area contributed by atoms with Crippen molar-refractivity contribution in [1.29, 1.82) is 0 Å². The van der Waals surface area contributed by atoms with E-state index in [1.807, 2.05) is 0 Å². The van der Waals surface area contributed by atoms with Gasteiger partial charge in [-0.2, -0.15) is 0 Å². The summed E-state index contributed by atoms with van der Waals surface area (Å²) in [5.74, 6) is -0.820. The molecule has 0 saturated heterocycles. The van der Waals surface area contributed by atoms with Crippen LogP contribution >= 0.6 is 0 Å². The van der Waals surface area contributed by atoms with Gasteiger partial charge in [0.1, 0.15) is 5.75 Å². The number of methoxy groups -OCH3 is 1. The van der Waals surface area contributed by atoms with Crippen LogP contribution in [-0.2, 0) is 9.53 Å². The average molecular weight is 394 g/mol. The summed E-state index contributed by atoms with van der Waals surface area (Å²) in [5.41, 5.74) is 1.51. The molecular formula is C21H18N2O6. The van der Waals surface area contributed by atoms with Gasteiger partial charge in [0.2, 0.25) is 5.76 Å². The third kappa shape index (κ3) is 5.46. The summed E-state index contributed by atoms with van der Waals surface area (Å²) in [4.78, 5) is 35.8. The molecule has 29 heavy (non-hydrogen) atoms. The van der Waals surface area contributed by atoms with Crippen LogP contribution in [0.5, 0.6) is 5.75 Å². The summed E-state index contributed by atoms with van der Waals surface area (Å²) in [5, 5.41) is 5.35. The highest BCUT2D eigenvalue weighted by Crippen LogP contribution is 2.17. The van der Waals surface area contributed by atoms with Gasteiger partial charge in [0.15, 0.2) is 6.61 Å². The molecule has 0 spiro atoms. The number of ether oxygens (including phenoxy) is 2. The van der Waals surface area contributed by atoms with Crippen LogP contribution < -0.4 is 15.4 Å². The number of anilines is 2. The summed E-state index contributed by atoms with van der Waals surface area (Å²) in [6, 6.07) is 16.2. The fourth-order valence-electron chi connectivity index (χ4n) is 2.38. The lowest BCUT2D eigenvalue weighted by Gasteiger charge is -2.08. The van der Waals surface area contributed by atoms with Crippen LogP contribution in [0.15, 0.2) is 71.3 Å². The molecule has 0 radical (unpaired) electrons. The van der Waals surface area contributed by atoms with E-state index in [1.54, 1.807) is 61.7 Å².